The maximum absolute atomic E-state index is 11.6. The third kappa shape index (κ3) is 1.86. The first kappa shape index (κ1) is 12.8. The molecule has 1 aliphatic heterocycles. The van der Waals surface area contributed by atoms with Gasteiger partial charge < -0.3 is 20.3 Å². The highest BCUT2D eigenvalue weighted by Gasteiger charge is 2.64. The molecule has 0 radical (unpaired) electrons. The topological polar surface area (TPSA) is 81.8 Å². The summed E-state index contributed by atoms with van der Waals surface area (Å²) in [6.45, 7) is 0.958. The first-order valence-electron chi connectivity index (χ1n) is 6.18. The Morgan fingerprint density at radius 2 is 2.24 bits per heavy atom. The second kappa shape index (κ2) is 4.55. The second-order valence-electron chi connectivity index (χ2n) is 5.29. The van der Waals surface area contributed by atoms with E-state index < -0.39 is 17.0 Å². The summed E-state index contributed by atoms with van der Waals surface area (Å²) in [6.07, 6.45) is 3.72. The Balaban J connectivity index is 2.26. The molecule has 0 spiro atoms. The highest BCUT2D eigenvalue weighted by atomic mass is 16.5. The number of nitrogens with two attached hydrogens (primary N) is 1. The fourth-order valence-electron chi connectivity index (χ4n) is 3.29. The number of carboxylic acid groups (broad SMARTS) is 1. The van der Waals surface area contributed by atoms with E-state index in [2.05, 4.69) is 0 Å². The molecular formula is C12H21NO4. The van der Waals surface area contributed by atoms with Crippen molar-refractivity contribution in [1.82, 2.24) is 0 Å². The third-order valence-corrected chi connectivity index (χ3v) is 4.23. The van der Waals surface area contributed by atoms with Gasteiger partial charge in [0.1, 0.15) is 11.0 Å². The quantitative estimate of drug-likeness (QED) is 0.762. The molecule has 1 saturated heterocycles. The highest BCUT2D eigenvalue weighted by molar-refractivity contribution is 5.78. The van der Waals surface area contributed by atoms with Gasteiger partial charge in [-0.3, -0.25) is 4.79 Å². The van der Waals surface area contributed by atoms with Crippen molar-refractivity contribution in [3.63, 3.8) is 0 Å². The van der Waals surface area contributed by atoms with Crippen LogP contribution in [0.25, 0.3) is 0 Å². The summed E-state index contributed by atoms with van der Waals surface area (Å²) in [6, 6.07) is -0.0228. The van der Waals surface area contributed by atoms with Crippen LogP contribution >= 0.6 is 0 Å². The number of carbonyl (C=O) groups is 1. The van der Waals surface area contributed by atoms with Crippen LogP contribution in [0.2, 0.25) is 0 Å². The van der Waals surface area contributed by atoms with Crippen molar-refractivity contribution in [3.8, 4) is 0 Å². The number of methoxy groups -OCH3 is 1. The minimum atomic E-state index is -0.844. The van der Waals surface area contributed by atoms with Crippen molar-refractivity contribution in [2.75, 3.05) is 20.3 Å². The molecule has 0 aromatic rings. The molecule has 1 aliphatic carbocycles. The molecule has 98 valence electrons. The minimum absolute atomic E-state index is 0.0228. The largest absolute Gasteiger partial charge is 0.481 e. The van der Waals surface area contributed by atoms with Crippen LogP contribution < -0.4 is 5.73 Å². The van der Waals surface area contributed by atoms with Crippen molar-refractivity contribution < 1.29 is 19.4 Å². The van der Waals surface area contributed by atoms with Crippen LogP contribution in [-0.2, 0) is 14.3 Å². The Hall–Kier alpha value is -0.650. The fraction of sp³-hybridized carbons (Fsp3) is 0.917. The molecule has 0 aromatic heterocycles. The number of aliphatic carboxylic acids is 1. The molecule has 3 N–H and O–H groups in total. The SMILES string of the molecule is COCC1(C2(C(=O)O)CC(N)C2)CCCCO1. The van der Waals surface area contributed by atoms with E-state index in [0.717, 1.165) is 19.3 Å². The molecule has 17 heavy (non-hydrogen) atoms. The Kier molecular flexibility index (Phi) is 3.43. The molecule has 1 atom stereocenters. The zero-order valence-corrected chi connectivity index (χ0v) is 10.3. The lowest BCUT2D eigenvalue weighted by Crippen LogP contribution is -2.67. The lowest BCUT2D eigenvalue weighted by Gasteiger charge is -2.56. The summed E-state index contributed by atoms with van der Waals surface area (Å²) in [5.74, 6) is -0.793. The van der Waals surface area contributed by atoms with Gasteiger partial charge in [-0.05, 0) is 32.1 Å². The molecule has 0 aromatic carbocycles. The van der Waals surface area contributed by atoms with Crippen molar-refractivity contribution in [1.29, 1.82) is 0 Å². The zero-order valence-electron chi connectivity index (χ0n) is 10.3. The molecule has 1 saturated carbocycles. The van der Waals surface area contributed by atoms with Gasteiger partial charge in [-0.2, -0.15) is 0 Å². The van der Waals surface area contributed by atoms with Gasteiger partial charge in [-0.25, -0.2) is 0 Å². The lowest BCUT2D eigenvalue weighted by atomic mass is 9.55. The summed E-state index contributed by atoms with van der Waals surface area (Å²) in [5, 5.41) is 9.55. The highest BCUT2D eigenvalue weighted by Crippen LogP contribution is 2.54. The Morgan fingerprint density at radius 3 is 2.65 bits per heavy atom. The van der Waals surface area contributed by atoms with Crippen LogP contribution in [0.15, 0.2) is 0 Å². The van der Waals surface area contributed by atoms with E-state index in [4.69, 9.17) is 15.2 Å². The van der Waals surface area contributed by atoms with Crippen LogP contribution in [0.4, 0.5) is 0 Å². The molecule has 0 bridgehead atoms. The standard InChI is InChI=1S/C12H21NO4/c1-16-8-12(4-2-3-5-17-12)11(10(14)15)6-9(13)7-11/h9H,2-8,13H2,1H3,(H,14,15). The Bertz CT molecular complexity index is 287. The van der Waals surface area contributed by atoms with Crippen LogP contribution in [0.5, 0.6) is 0 Å². The molecule has 2 fully saturated rings. The van der Waals surface area contributed by atoms with E-state index in [1.54, 1.807) is 7.11 Å². The lowest BCUT2D eigenvalue weighted by molar-refractivity contribution is -0.226. The van der Waals surface area contributed by atoms with Crippen LogP contribution in [0.1, 0.15) is 32.1 Å². The smallest absolute Gasteiger partial charge is 0.312 e. The van der Waals surface area contributed by atoms with Crippen LogP contribution in [-0.4, -0.2) is 43.0 Å². The molecule has 5 heteroatoms. The maximum atomic E-state index is 11.6. The summed E-state index contributed by atoms with van der Waals surface area (Å²) in [7, 11) is 1.59. The van der Waals surface area contributed by atoms with Gasteiger partial charge >= 0.3 is 5.97 Å². The van der Waals surface area contributed by atoms with E-state index >= 15 is 0 Å². The van der Waals surface area contributed by atoms with Gasteiger partial charge in [-0.1, -0.05) is 0 Å². The predicted octanol–water partition coefficient (Wildman–Crippen LogP) is 0.764. The van der Waals surface area contributed by atoms with E-state index in [9.17, 15) is 9.90 Å². The van der Waals surface area contributed by atoms with Gasteiger partial charge in [0.05, 0.1) is 6.61 Å². The van der Waals surface area contributed by atoms with Crippen molar-refractivity contribution in [2.24, 2.45) is 11.1 Å². The van der Waals surface area contributed by atoms with E-state index in [-0.39, 0.29) is 6.04 Å². The number of ether oxygens (including phenoxy) is 2. The van der Waals surface area contributed by atoms with Gasteiger partial charge in [0.2, 0.25) is 0 Å². The molecule has 1 unspecified atom stereocenters. The zero-order chi connectivity index (χ0) is 12.5. The number of carboxylic acids is 1. The summed E-state index contributed by atoms with van der Waals surface area (Å²) in [4.78, 5) is 11.6. The fourth-order valence-corrected chi connectivity index (χ4v) is 3.29. The van der Waals surface area contributed by atoms with E-state index in [0.29, 0.717) is 26.1 Å². The molecule has 2 aliphatic rings. The first-order chi connectivity index (χ1) is 8.06. The van der Waals surface area contributed by atoms with Gasteiger partial charge in [0.25, 0.3) is 0 Å². The van der Waals surface area contributed by atoms with Gasteiger partial charge in [0, 0.05) is 19.8 Å². The van der Waals surface area contributed by atoms with Crippen molar-refractivity contribution >= 4 is 5.97 Å². The van der Waals surface area contributed by atoms with Crippen molar-refractivity contribution in [3.05, 3.63) is 0 Å². The predicted molar refractivity (Wildman–Crippen MR) is 61.7 cm³/mol. The van der Waals surface area contributed by atoms with Gasteiger partial charge in [-0.15, -0.1) is 0 Å². The van der Waals surface area contributed by atoms with E-state index in [1.807, 2.05) is 0 Å². The number of rotatable bonds is 4. The summed E-state index contributed by atoms with van der Waals surface area (Å²) >= 11 is 0. The Labute approximate surface area is 101 Å². The van der Waals surface area contributed by atoms with Crippen LogP contribution in [0, 0.1) is 5.41 Å². The third-order valence-electron chi connectivity index (χ3n) is 4.23. The normalized spacial score (nSPS) is 41.9. The number of hydrogen-bond donors (Lipinski definition) is 2. The second-order valence-corrected chi connectivity index (χ2v) is 5.29. The maximum Gasteiger partial charge on any atom is 0.312 e. The van der Waals surface area contributed by atoms with Crippen molar-refractivity contribution in [2.45, 2.75) is 43.7 Å². The first-order valence-corrected chi connectivity index (χ1v) is 6.18. The molecule has 5 nitrogen and oxygen atoms in total. The Morgan fingerprint density at radius 1 is 1.53 bits per heavy atom. The summed E-state index contributed by atoms with van der Waals surface area (Å²) in [5.41, 5.74) is 4.27. The average Bonchev–Trinajstić information content (AvgIpc) is 2.25. The average molecular weight is 243 g/mol. The summed E-state index contributed by atoms with van der Waals surface area (Å²) < 4.78 is 11.1. The number of hydrogen-bond acceptors (Lipinski definition) is 4. The molecule has 0 amide bonds. The molecule has 2 rings (SSSR count). The minimum Gasteiger partial charge on any atom is -0.481 e. The molecule has 1 heterocycles. The van der Waals surface area contributed by atoms with E-state index in [1.165, 1.54) is 0 Å². The molecular weight excluding hydrogens is 222 g/mol. The van der Waals surface area contributed by atoms with Gasteiger partial charge in [0.15, 0.2) is 0 Å². The monoisotopic (exact) mass is 243 g/mol. The van der Waals surface area contributed by atoms with Crippen LogP contribution in [0.3, 0.4) is 0 Å².